The van der Waals surface area contributed by atoms with Gasteiger partial charge in [0.25, 0.3) is 0 Å². The van der Waals surface area contributed by atoms with E-state index in [0.29, 0.717) is 30.0 Å². The summed E-state index contributed by atoms with van der Waals surface area (Å²) in [5, 5.41) is 0. The van der Waals surface area contributed by atoms with Crippen molar-refractivity contribution in [2.75, 3.05) is 32.9 Å². The van der Waals surface area contributed by atoms with Gasteiger partial charge < -0.3 is 14.5 Å². The van der Waals surface area contributed by atoms with Crippen LogP contribution in [0.2, 0.25) is 0 Å². The molecule has 1 aliphatic heterocycles. The first kappa shape index (κ1) is 22.9. The number of rotatable bonds is 7. The number of nitrogens with one attached hydrogen (secondary N) is 1. The van der Waals surface area contributed by atoms with Gasteiger partial charge in [0.2, 0.25) is 15.8 Å². The summed E-state index contributed by atoms with van der Waals surface area (Å²) in [6.45, 7) is 5.48. The molecule has 3 rings (SSSR count). The fraction of sp³-hybridized carbons (Fsp3) is 0.381. The molecule has 1 N–H and O–H groups in total. The second-order valence-electron chi connectivity index (χ2n) is 7.22. The number of ketones is 2. The summed E-state index contributed by atoms with van der Waals surface area (Å²) in [7, 11) is -3.66. The van der Waals surface area contributed by atoms with E-state index in [-0.39, 0.29) is 35.0 Å². The molecule has 0 amide bonds. The Bertz CT molecular complexity index is 1110. The number of sulfonamides is 1. The van der Waals surface area contributed by atoms with Crippen molar-refractivity contribution in [3.05, 3.63) is 52.3 Å². The van der Waals surface area contributed by atoms with E-state index >= 15 is 0 Å². The van der Waals surface area contributed by atoms with Crippen molar-refractivity contribution in [3.63, 3.8) is 0 Å². The maximum atomic E-state index is 12.6. The fourth-order valence-electron chi connectivity index (χ4n) is 3.54. The van der Waals surface area contributed by atoms with Crippen molar-refractivity contribution in [3.8, 4) is 0 Å². The van der Waals surface area contributed by atoms with Gasteiger partial charge in [-0.2, -0.15) is 4.31 Å². The van der Waals surface area contributed by atoms with Crippen molar-refractivity contribution in [1.82, 2.24) is 9.29 Å². The molecule has 2 aromatic rings. The Morgan fingerprint density at radius 2 is 1.71 bits per heavy atom. The third-order valence-electron chi connectivity index (χ3n) is 5.10. The summed E-state index contributed by atoms with van der Waals surface area (Å²) in [5.74, 6) is -1.38. The highest BCUT2D eigenvalue weighted by atomic mass is 32.2. The van der Waals surface area contributed by atoms with E-state index in [1.54, 1.807) is 13.8 Å². The molecule has 0 radical (unpaired) electrons. The zero-order valence-electron chi connectivity index (χ0n) is 17.6. The molecule has 2 heterocycles. The first-order chi connectivity index (χ1) is 14.6. The van der Waals surface area contributed by atoms with E-state index in [1.165, 1.54) is 35.5 Å². The minimum Gasteiger partial charge on any atom is -0.454 e. The molecule has 0 spiro atoms. The fourth-order valence-corrected chi connectivity index (χ4v) is 4.95. The van der Waals surface area contributed by atoms with Gasteiger partial charge in [-0.3, -0.25) is 9.59 Å². The average molecular weight is 448 g/mol. The summed E-state index contributed by atoms with van der Waals surface area (Å²) in [6.07, 6.45) is 0. The van der Waals surface area contributed by atoms with Gasteiger partial charge in [0, 0.05) is 24.3 Å². The molecule has 1 aliphatic rings. The third-order valence-corrected chi connectivity index (χ3v) is 7.01. The van der Waals surface area contributed by atoms with Gasteiger partial charge in [-0.1, -0.05) is 0 Å². The van der Waals surface area contributed by atoms with Crippen LogP contribution in [-0.4, -0.2) is 68.2 Å². The van der Waals surface area contributed by atoms with Gasteiger partial charge in [0.05, 0.1) is 29.4 Å². The van der Waals surface area contributed by atoms with Crippen LogP contribution in [0.25, 0.3) is 0 Å². The summed E-state index contributed by atoms with van der Waals surface area (Å²) in [5.41, 5.74) is 1.90. The van der Waals surface area contributed by atoms with Crippen LogP contribution in [-0.2, 0) is 19.5 Å². The number of H-pyrrole nitrogens is 1. The van der Waals surface area contributed by atoms with Crippen molar-refractivity contribution in [2.45, 2.75) is 25.7 Å². The van der Waals surface area contributed by atoms with Crippen LogP contribution < -0.4 is 0 Å². The monoisotopic (exact) mass is 448 g/mol. The molecule has 0 atom stereocenters. The predicted molar refractivity (Wildman–Crippen MR) is 111 cm³/mol. The van der Waals surface area contributed by atoms with Gasteiger partial charge in [0.15, 0.2) is 12.4 Å². The van der Waals surface area contributed by atoms with E-state index in [0.717, 1.165) is 0 Å². The molecule has 1 fully saturated rings. The number of nitrogens with zero attached hydrogens (tertiary/aromatic N) is 1. The Kier molecular flexibility index (Phi) is 6.73. The lowest BCUT2D eigenvalue weighted by molar-refractivity contribution is 0.0473. The van der Waals surface area contributed by atoms with E-state index in [2.05, 4.69) is 4.98 Å². The SMILES string of the molecule is CC(=O)c1c(C)[nH]c(C(=O)COC(=O)c2ccc(S(=O)(=O)N3CCOCC3)cc2)c1C. The Morgan fingerprint density at radius 1 is 1.10 bits per heavy atom. The van der Waals surface area contributed by atoms with Crippen molar-refractivity contribution >= 4 is 27.6 Å². The number of carbonyl (C=O) groups is 3. The Hall–Kier alpha value is -2.82. The minimum absolute atomic E-state index is 0.0660. The zero-order valence-corrected chi connectivity index (χ0v) is 18.4. The molecule has 166 valence electrons. The Morgan fingerprint density at radius 3 is 2.26 bits per heavy atom. The molecular weight excluding hydrogens is 424 g/mol. The third kappa shape index (κ3) is 4.76. The number of morpholine rings is 1. The largest absolute Gasteiger partial charge is 0.454 e. The summed E-state index contributed by atoms with van der Waals surface area (Å²) >= 11 is 0. The molecule has 10 heteroatoms. The quantitative estimate of drug-likeness (QED) is 0.507. The average Bonchev–Trinajstić information content (AvgIpc) is 3.06. The highest BCUT2D eigenvalue weighted by Crippen LogP contribution is 2.20. The smallest absolute Gasteiger partial charge is 0.338 e. The number of carbonyl (C=O) groups excluding carboxylic acids is 3. The molecule has 1 saturated heterocycles. The van der Waals surface area contributed by atoms with Gasteiger partial charge in [-0.05, 0) is 50.6 Å². The molecule has 1 aromatic heterocycles. The summed E-state index contributed by atoms with van der Waals surface area (Å²) < 4.78 is 36.8. The van der Waals surface area contributed by atoms with Crippen LogP contribution in [0, 0.1) is 13.8 Å². The van der Waals surface area contributed by atoms with Gasteiger partial charge in [0.1, 0.15) is 0 Å². The highest BCUT2D eigenvalue weighted by Gasteiger charge is 2.26. The zero-order chi connectivity index (χ0) is 22.8. The number of ether oxygens (including phenoxy) is 2. The van der Waals surface area contributed by atoms with E-state index in [9.17, 15) is 22.8 Å². The number of aromatic amines is 1. The number of benzene rings is 1. The summed E-state index contributed by atoms with van der Waals surface area (Å²) in [4.78, 5) is 39.4. The molecule has 31 heavy (non-hydrogen) atoms. The first-order valence-corrected chi connectivity index (χ1v) is 11.1. The number of esters is 1. The lowest BCUT2D eigenvalue weighted by Crippen LogP contribution is -2.40. The number of aryl methyl sites for hydroxylation is 1. The van der Waals surface area contributed by atoms with Crippen LogP contribution in [0.1, 0.15) is 49.4 Å². The molecule has 0 saturated carbocycles. The molecule has 0 unspecified atom stereocenters. The Labute approximate surface area is 180 Å². The highest BCUT2D eigenvalue weighted by molar-refractivity contribution is 7.89. The molecule has 9 nitrogen and oxygen atoms in total. The normalized spacial score (nSPS) is 14.9. The van der Waals surface area contributed by atoms with Gasteiger partial charge in [-0.15, -0.1) is 0 Å². The van der Waals surface area contributed by atoms with Crippen molar-refractivity contribution < 1.29 is 32.3 Å². The number of hydrogen-bond donors (Lipinski definition) is 1. The van der Waals surface area contributed by atoms with Gasteiger partial charge in [-0.25, -0.2) is 13.2 Å². The van der Waals surface area contributed by atoms with Gasteiger partial charge >= 0.3 is 5.97 Å². The minimum atomic E-state index is -3.66. The van der Waals surface area contributed by atoms with E-state index in [1.807, 2.05) is 0 Å². The number of aromatic nitrogens is 1. The van der Waals surface area contributed by atoms with Crippen molar-refractivity contribution in [2.24, 2.45) is 0 Å². The van der Waals surface area contributed by atoms with Crippen LogP contribution in [0.3, 0.4) is 0 Å². The molecule has 0 bridgehead atoms. The topological polar surface area (TPSA) is 123 Å². The number of Topliss-reactive ketones (excluding diaryl/α,β-unsaturated/α-hetero) is 2. The van der Waals surface area contributed by atoms with E-state index < -0.39 is 28.4 Å². The summed E-state index contributed by atoms with van der Waals surface area (Å²) in [6, 6.07) is 5.36. The van der Waals surface area contributed by atoms with Crippen LogP contribution >= 0.6 is 0 Å². The standard InChI is InChI=1S/C21H24N2O7S/c1-13-19(15(3)24)14(2)22-20(13)18(25)12-30-21(26)16-4-6-17(7-5-16)31(27,28)23-8-10-29-11-9-23/h4-7,22H,8-12H2,1-3H3. The van der Waals surface area contributed by atoms with Crippen LogP contribution in [0.15, 0.2) is 29.2 Å². The number of hydrogen-bond acceptors (Lipinski definition) is 7. The lowest BCUT2D eigenvalue weighted by atomic mass is 10.1. The Balaban J connectivity index is 1.66. The second-order valence-corrected chi connectivity index (χ2v) is 9.16. The maximum Gasteiger partial charge on any atom is 0.338 e. The predicted octanol–water partition coefficient (Wildman–Crippen LogP) is 1.89. The van der Waals surface area contributed by atoms with Crippen LogP contribution in [0.4, 0.5) is 0 Å². The maximum absolute atomic E-state index is 12.6. The van der Waals surface area contributed by atoms with Crippen LogP contribution in [0.5, 0.6) is 0 Å². The van der Waals surface area contributed by atoms with E-state index in [4.69, 9.17) is 9.47 Å². The molecular formula is C21H24N2O7S. The second kappa shape index (κ2) is 9.13. The molecule has 0 aliphatic carbocycles. The van der Waals surface area contributed by atoms with Crippen molar-refractivity contribution in [1.29, 1.82) is 0 Å². The lowest BCUT2D eigenvalue weighted by Gasteiger charge is -2.26. The first-order valence-electron chi connectivity index (χ1n) is 9.71. The molecule has 1 aromatic carbocycles.